The fourth-order valence-electron chi connectivity index (χ4n) is 2.03. The Morgan fingerprint density at radius 3 is 2.79 bits per heavy atom. The van der Waals surface area contributed by atoms with Gasteiger partial charge in [0, 0.05) is 14.2 Å². The van der Waals surface area contributed by atoms with Crippen LogP contribution in [-0.2, 0) is 21.7 Å². The Bertz CT molecular complexity index is 389. The van der Waals surface area contributed by atoms with Gasteiger partial charge in [0.1, 0.15) is 0 Å². The van der Waals surface area contributed by atoms with Gasteiger partial charge in [-0.15, -0.1) is 0 Å². The second kappa shape index (κ2) is 7.94. The molecule has 0 radical (unpaired) electrons. The van der Waals surface area contributed by atoms with E-state index in [0.29, 0.717) is 42.7 Å². The molecule has 1 unspecified atom stereocenters. The molecule has 7 heteroatoms. The van der Waals surface area contributed by atoms with E-state index in [1.807, 2.05) is 0 Å². The molecule has 0 aliphatic heterocycles. The Balaban J connectivity index is 3.02. The van der Waals surface area contributed by atoms with E-state index >= 15 is 4.39 Å². The number of ether oxygens (including phenoxy) is 2. The lowest BCUT2D eigenvalue weighted by Gasteiger charge is -2.26. The van der Waals surface area contributed by atoms with Gasteiger partial charge in [0.05, 0.1) is 36.1 Å². The molecule has 0 spiro atoms. The quantitative estimate of drug-likeness (QED) is 0.746. The molecular weight excluding hydrogens is 317 g/mol. The largest absolute Gasteiger partial charge is 0.383 e. The average molecular weight is 338 g/mol. The van der Waals surface area contributed by atoms with Gasteiger partial charge < -0.3 is 15.2 Å². The summed E-state index contributed by atoms with van der Waals surface area (Å²) >= 11 is 3.36. The van der Waals surface area contributed by atoms with E-state index in [2.05, 4.69) is 21.0 Å². The average Bonchev–Trinajstić information content (AvgIpc) is 2.76. The first kappa shape index (κ1) is 16.6. The predicted octanol–water partition coefficient (Wildman–Crippen LogP) is 1.84. The fraction of sp³-hybridized carbons (Fsp3) is 0.750. The van der Waals surface area contributed by atoms with Gasteiger partial charge in [-0.25, -0.2) is 4.39 Å². The summed E-state index contributed by atoms with van der Waals surface area (Å²) in [4.78, 5) is 0. The van der Waals surface area contributed by atoms with Crippen LogP contribution in [0.3, 0.4) is 0 Å². The van der Waals surface area contributed by atoms with Crippen molar-refractivity contribution in [3.8, 4) is 0 Å². The van der Waals surface area contributed by atoms with Gasteiger partial charge in [-0.05, 0) is 35.3 Å². The molecule has 1 atom stereocenters. The van der Waals surface area contributed by atoms with Crippen LogP contribution >= 0.6 is 15.9 Å². The van der Waals surface area contributed by atoms with Crippen molar-refractivity contribution in [1.82, 2.24) is 9.78 Å². The highest BCUT2D eigenvalue weighted by Crippen LogP contribution is 2.36. The zero-order valence-electron chi connectivity index (χ0n) is 11.4. The van der Waals surface area contributed by atoms with E-state index in [9.17, 15) is 0 Å². The van der Waals surface area contributed by atoms with Crippen LogP contribution in [0.5, 0.6) is 0 Å². The van der Waals surface area contributed by atoms with Crippen LogP contribution in [0.2, 0.25) is 0 Å². The van der Waals surface area contributed by atoms with Gasteiger partial charge in [0.25, 0.3) is 0 Å². The number of nitrogens with two attached hydrogens (primary N) is 1. The van der Waals surface area contributed by atoms with Gasteiger partial charge in [-0.3, -0.25) is 4.68 Å². The Labute approximate surface area is 121 Å². The van der Waals surface area contributed by atoms with Gasteiger partial charge in [-0.1, -0.05) is 0 Å². The molecular formula is C12H21BrFN3O2. The Hall–Kier alpha value is -0.500. The highest BCUT2D eigenvalue weighted by atomic mass is 79.9. The van der Waals surface area contributed by atoms with Crippen LogP contribution < -0.4 is 5.73 Å². The smallest absolute Gasteiger partial charge is 0.176 e. The van der Waals surface area contributed by atoms with Gasteiger partial charge in [0.2, 0.25) is 0 Å². The summed E-state index contributed by atoms with van der Waals surface area (Å²) in [6.07, 6.45) is 2.48. The van der Waals surface area contributed by atoms with Gasteiger partial charge >= 0.3 is 0 Å². The van der Waals surface area contributed by atoms with Crippen LogP contribution in [0, 0.1) is 0 Å². The molecule has 0 aromatic carbocycles. The van der Waals surface area contributed by atoms with E-state index < -0.39 is 5.67 Å². The number of rotatable bonds is 9. The minimum atomic E-state index is -1.60. The monoisotopic (exact) mass is 337 g/mol. The zero-order chi connectivity index (χ0) is 14.3. The van der Waals surface area contributed by atoms with Crippen LogP contribution in [0.4, 0.5) is 4.39 Å². The normalized spacial score (nSPS) is 14.6. The summed E-state index contributed by atoms with van der Waals surface area (Å²) in [6, 6.07) is 0. The summed E-state index contributed by atoms with van der Waals surface area (Å²) in [6.45, 7) is 1.39. The lowest BCUT2D eigenvalue weighted by atomic mass is 9.96. The number of aromatic nitrogens is 2. The molecule has 2 N–H and O–H groups in total. The second-order valence-corrected chi connectivity index (χ2v) is 5.20. The molecule has 110 valence electrons. The number of methoxy groups -OCH3 is 2. The fourth-order valence-corrected chi connectivity index (χ4v) is 2.68. The molecule has 0 aliphatic carbocycles. The van der Waals surface area contributed by atoms with Crippen molar-refractivity contribution in [2.45, 2.75) is 25.1 Å². The van der Waals surface area contributed by atoms with E-state index in [-0.39, 0.29) is 6.61 Å². The number of nitrogens with zero attached hydrogens (tertiary/aromatic N) is 2. The summed E-state index contributed by atoms with van der Waals surface area (Å²) in [5.41, 5.74) is 4.37. The molecule has 0 saturated carbocycles. The van der Waals surface area contributed by atoms with Crippen molar-refractivity contribution >= 4 is 15.9 Å². The molecule has 5 nitrogen and oxygen atoms in total. The van der Waals surface area contributed by atoms with E-state index in [1.165, 1.54) is 7.11 Å². The van der Waals surface area contributed by atoms with Crippen LogP contribution in [0.15, 0.2) is 10.7 Å². The topological polar surface area (TPSA) is 62.3 Å². The van der Waals surface area contributed by atoms with Crippen LogP contribution in [0.25, 0.3) is 0 Å². The third-order valence-corrected chi connectivity index (χ3v) is 3.46. The van der Waals surface area contributed by atoms with Crippen molar-refractivity contribution < 1.29 is 13.9 Å². The second-order valence-electron chi connectivity index (χ2n) is 4.35. The maximum Gasteiger partial charge on any atom is 0.176 e. The minimum absolute atomic E-state index is 0.0235. The SMILES string of the molecule is COCCn1ncc(Br)c1C(F)(CCCN)COC. The number of alkyl halides is 1. The van der Waals surface area contributed by atoms with Crippen molar-refractivity contribution in [3.63, 3.8) is 0 Å². The molecule has 19 heavy (non-hydrogen) atoms. The summed E-state index contributed by atoms with van der Waals surface area (Å²) in [5.74, 6) is 0. The first-order valence-electron chi connectivity index (χ1n) is 6.17. The van der Waals surface area contributed by atoms with Crippen molar-refractivity contribution in [2.75, 3.05) is 34.0 Å². The number of hydrogen-bond donors (Lipinski definition) is 1. The Kier molecular flexibility index (Phi) is 6.92. The lowest BCUT2D eigenvalue weighted by Crippen LogP contribution is -2.31. The first-order chi connectivity index (χ1) is 9.09. The Morgan fingerprint density at radius 2 is 2.21 bits per heavy atom. The van der Waals surface area contributed by atoms with Crippen LogP contribution in [-0.4, -0.2) is 43.8 Å². The maximum atomic E-state index is 15.2. The standard InChI is InChI=1S/C12H21BrFN3O2/c1-18-7-6-17-11(10(13)8-16-17)12(14,9-19-2)4-3-5-15/h8H,3-7,9,15H2,1-2H3. The van der Waals surface area contributed by atoms with E-state index in [0.717, 1.165) is 0 Å². The van der Waals surface area contributed by atoms with Gasteiger partial charge in [0.15, 0.2) is 5.67 Å². The lowest BCUT2D eigenvalue weighted by molar-refractivity contribution is 0.0220. The number of hydrogen-bond acceptors (Lipinski definition) is 4. The number of halogens is 2. The van der Waals surface area contributed by atoms with Gasteiger partial charge in [-0.2, -0.15) is 5.10 Å². The Morgan fingerprint density at radius 1 is 1.47 bits per heavy atom. The molecule has 0 fully saturated rings. The molecule has 1 rings (SSSR count). The van der Waals surface area contributed by atoms with Crippen LogP contribution in [0.1, 0.15) is 18.5 Å². The highest BCUT2D eigenvalue weighted by Gasteiger charge is 2.37. The molecule has 0 aliphatic rings. The van der Waals surface area contributed by atoms with Crippen molar-refractivity contribution in [3.05, 3.63) is 16.4 Å². The molecule has 1 aromatic rings. The maximum absolute atomic E-state index is 15.2. The van der Waals surface area contributed by atoms with E-state index in [4.69, 9.17) is 15.2 Å². The molecule has 1 aromatic heterocycles. The molecule has 1 heterocycles. The molecule has 0 amide bonds. The molecule has 0 saturated heterocycles. The zero-order valence-corrected chi connectivity index (χ0v) is 13.0. The summed E-state index contributed by atoms with van der Waals surface area (Å²) in [7, 11) is 3.09. The van der Waals surface area contributed by atoms with E-state index in [1.54, 1.807) is 18.0 Å². The van der Waals surface area contributed by atoms with Crippen molar-refractivity contribution in [1.29, 1.82) is 0 Å². The molecule has 0 bridgehead atoms. The summed E-state index contributed by atoms with van der Waals surface area (Å²) < 4.78 is 27.5. The van der Waals surface area contributed by atoms with Crippen molar-refractivity contribution in [2.24, 2.45) is 5.73 Å². The first-order valence-corrected chi connectivity index (χ1v) is 6.97. The predicted molar refractivity (Wildman–Crippen MR) is 74.8 cm³/mol. The summed E-state index contributed by atoms with van der Waals surface area (Å²) in [5, 5.41) is 4.17. The highest BCUT2D eigenvalue weighted by molar-refractivity contribution is 9.10. The third-order valence-electron chi connectivity index (χ3n) is 2.88. The minimum Gasteiger partial charge on any atom is -0.383 e. The third kappa shape index (κ3) is 4.24.